The quantitative estimate of drug-likeness (QED) is 0.523. The highest BCUT2D eigenvalue weighted by atomic mass is 16.1. The molecule has 0 atom stereocenters. The van der Waals surface area contributed by atoms with Crippen LogP contribution < -0.4 is 5.32 Å². The van der Waals surface area contributed by atoms with Crippen molar-refractivity contribution < 1.29 is 4.79 Å². The molecule has 3 heterocycles. The van der Waals surface area contributed by atoms with E-state index in [0.717, 1.165) is 56.8 Å². The number of anilines is 1. The van der Waals surface area contributed by atoms with Gasteiger partial charge in [-0.15, -0.1) is 0 Å². The SMILES string of the molecule is Cc1cc2nc(C)c(CCC(=O)Nc3cccc(-c4nc(C)c(C)[nH]4)c3)c(C)n2n1. The molecule has 1 amide bonds. The number of aromatic amines is 1. The van der Waals surface area contributed by atoms with Gasteiger partial charge in [0, 0.05) is 40.8 Å². The zero-order valence-corrected chi connectivity index (χ0v) is 18.0. The van der Waals surface area contributed by atoms with E-state index in [1.54, 1.807) is 0 Å². The van der Waals surface area contributed by atoms with Crippen molar-refractivity contribution in [1.82, 2.24) is 24.6 Å². The highest BCUT2D eigenvalue weighted by Crippen LogP contribution is 2.22. The Kier molecular flexibility index (Phi) is 5.11. The maximum Gasteiger partial charge on any atom is 0.224 e. The minimum atomic E-state index is -0.0329. The van der Waals surface area contributed by atoms with E-state index in [0.29, 0.717) is 12.8 Å². The monoisotopic (exact) mass is 402 g/mol. The van der Waals surface area contributed by atoms with Crippen molar-refractivity contribution in [2.24, 2.45) is 0 Å². The minimum Gasteiger partial charge on any atom is -0.342 e. The van der Waals surface area contributed by atoms with Gasteiger partial charge in [0.15, 0.2) is 5.65 Å². The number of hydrogen-bond donors (Lipinski definition) is 2. The summed E-state index contributed by atoms with van der Waals surface area (Å²) < 4.78 is 1.85. The molecule has 7 heteroatoms. The van der Waals surface area contributed by atoms with Gasteiger partial charge >= 0.3 is 0 Å². The summed E-state index contributed by atoms with van der Waals surface area (Å²) in [6, 6.07) is 9.69. The number of carbonyl (C=O) groups excluding carboxylic acids is 1. The Morgan fingerprint density at radius 3 is 2.60 bits per heavy atom. The molecule has 154 valence electrons. The van der Waals surface area contributed by atoms with Gasteiger partial charge in [0.2, 0.25) is 5.91 Å². The second kappa shape index (κ2) is 7.74. The van der Waals surface area contributed by atoms with E-state index >= 15 is 0 Å². The van der Waals surface area contributed by atoms with Crippen LogP contribution >= 0.6 is 0 Å². The van der Waals surface area contributed by atoms with Gasteiger partial charge in [-0.3, -0.25) is 4.79 Å². The van der Waals surface area contributed by atoms with Crippen molar-refractivity contribution in [3.63, 3.8) is 0 Å². The molecule has 0 saturated carbocycles. The Morgan fingerprint density at radius 1 is 1.07 bits per heavy atom. The van der Waals surface area contributed by atoms with Gasteiger partial charge in [0.1, 0.15) is 5.82 Å². The van der Waals surface area contributed by atoms with Crippen molar-refractivity contribution >= 4 is 17.2 Å². The van der Waals surface area contributed by atoms with Crippen molar-refractivity contribution in [2.75, 3.05) is 5.32 Å². The van der Waals surface area contributed by atoms with Crippen LogP contribution in [0.4, 0.5) is 5.69 Å². The molecule has 3 aromatic heterocycles. The molecule has 30 heavy (non-hydrogen) atoms. The molecule has 0 aliphatic carbocycles. The summed E-state index contributed by atoms with van der Waals surface area (Å²) in [6.07, 6.45) is 0.986. The lowest BCUT2D eigenvalue weighted by molar-refractivity contribution is -0.116. The third-order valence-corrected chi connectivity index (χ3v) is 5.44. The molecule has 0 fully saturated rings. The van der Waals surface area contributed by atoms with Crippen LogP contribution in [0.25, 0.3) is 17.0 Å². The molecule has 0 unspecified atom stereocenters. The van der Waals surface area contributed by atoms with Crippen molar-refractivity contribution in [3.8, 4) is 11.4 Å². The van der Waals surface area contributed by atoms with Crippen LogP contribution in [-0.2, 0) is 11.2 Å². The Balaban J connectivity index is 1.47. The number of aromatic nitrogens is 5. The van der Waals surface area contributed by atoms with E-state index < -0.39 is 0 Å². The van der Waals surface area contributed by atoms with E-state index in [4.69, 9.17) is 0 Å². The van der Waals surface area contributed by atoms with Gasteiger partial charge < -0.3 is 10.3 Å². The maximum atomic E-state index is 12.6. The van der Waals surface area contributed by atoms with Gasteiger partial charge in [0.25, 0.3) is 0 Å². The summed E-state index contributed by atoms with van der Waals surface area (Å²) in [5.74, 6) is 0.774. The molecule has 4 rings (SSSR count). The summed E-state index contributed by atoms with van der Waals surface area (Å²) in [7, 11) is 0. The van der Waals surface area contributed by atoms with Crippen LogP contribution in [0.1, 0.15) is 40.5 Å². The zero-order valence-electron chi connectivity index (χ0n) is 18.0. The fourth-order valence-corrected chi connectivity index (χ4v) is 3.69. The number of benzene rings is 1. The molecule has 0 radical (unpaired) electrons. The predicted molar refractivity (Wildman–Crippen MR) is 118 cm³/mol. The van der Waals surface area contributed by atoms with Crippen molar-refractivity contribution in [2.45, 2.75) is 47.5 Å². The van der Waals surface area contributed by atoms with Gasteiger partial charge in [0.05, 0.1) is 11.4 Å². The third-order valence-electron chi connectivity index (χ3n) is 5.44. The standard InChI is InChI=1S/C23H26N6O/c1-13-11-21-24-16(4)20(17(5)29(21)28-13)9-10-22(30)27-19-8-6-7-18(12-19)23-25-14(2)15(3)26-23/h6-8,11-12H,9-10H2,1-5H3,(H,25,26)(H,27,30). The van der Waals surface area contributed by atoms with E-state index in [2.05, 4.69) is 25.4 Å². The minimum absolute atomic E-state index is 0.0329. The van der Waals surface area contributed by atoms with Crippen LogP contribution in [0, 0.1) is 34.6 Å². The normalized spacial score (nSPS) is 11.2. The molecule has 0 spiro atoms. The number of imidazole rings is 1. The number of nitrogens with zero attached hydrogens (tertiary/aromatic N) is 4. The number of nitrogens with one attached hydrogen (secondary N) is 2. The Morgan fingerprint density at radius 2 is 1.87 bits per heavy atom. The van der Waals surface area contributed by atoms with E-state index in [1.807, 2.05) is 69.5 Å². The number of H-pyrrole nitrogens is 1. The van der Waals surface area contributed by atoms with Gasteiger partial charge in [-0.2, -0.15) is 5.10 Å². The van der Waals surface area contributed by atoms with E-state index in [-0.39, 0.29) is 5.91 Å². The molecule has 0 saturated heterocycles. The molecule has 0 aliphatic heterocycles. The maximum absolute atomic E-state index is 12.6. The Bertz CT molecular complexity index is 1230. The first kappa shape index (κ1) is 19.8. The van der Waals surface area contributed by atoms with Crippen LogP contribution in [0.3, 0.4) is 0 Å². The first-order valence-electron chi connectivity index (χ1n) is 10.1. The summed E-state index contributed by atoms with van der Waals surface area (Å²) in [5, 5.41) is 7.50. The molecule has 4 aromatic rings. The molecule has 2 N–H and O–H groups in total. The van der Waals surface area contributed by atoms with Crippen LogP contribution in [0.5, 0.6) is 0 Å². The van der Waals surface area contributed by atoms with Gasteiger partial charge in [-0.25, -0.2) is 14.5 Å². The number of rotatable bonds is 5. The largest absolute Gasteiger partial charge is 0.342 e. The van der Waals surface area contributed by atoms with E-state index in [9.17, 15) is 4.79 Å². The number of aryl methyl sites for hydroxylation is 5. The van der Waals surface area contributed by atoms with Gasteiger partial charge in [-0.05, 0) is 58.7 Å². The Hall–Kier alpha value is -3.48. The summed E-state index contributed by atoms with van der Waals surface area (Å²) in [6.45, 7) is 9.94. The number of carbonyl (C=O) groups is 1. The molecule has 0 bridgehead atoms. The lowest BCUT2D eigenvalue weighted by Crippen LogP contribution is -2.14. The predicted octanol–water partition coefficient (Wildman–Crippen LogP) is 4.23. The molecule has 1 aromatic carbocycles. The fraction of sp³-hybridized carbons (Fsp3) is 0.304. The number of hydrogen-bond acceptors (Lipinski definition) is 4. The van der Waals surface area contributed by atoms with Crippen LogP contribution in [0.15, 0.2) is 30.3 Å². The Labute approximate surface area is 175 Å². The first-order chi connectivity index (χ1) is 14.3. The lowest BCUT2D eigenvalue weighted by Gasteiger charge is -2.11. The number of amides is 1. The average molecular weight is 403 g/mol. The molecule has 7 nitrogen and oxygen atoms in total. The second-order valence-electron chi connectivity index (χ2n) is 7.74. The molecule has 0 aliphatic rings. The van der Waals surface area contributed by atoms with Crippen molar-refractivity contribution in [3.05, 3.63) is 64.4 Å². The van der Waals surface area contributed by atoms with Gasteiger partial charge in [-0.1, -0.05) is 12.1 Å². The average Bonchev–Trinajstić information content (AvgIpc) is 3.23. The van der Waals surface area contributed by atoms with E-state index in [1.165, 1.54) is 0 Å². The lowest BCUT2D eigenvalue weighted by atomic mass is 10.1. The van der Waals surface area contributed by atoms with Crippen LogP contribution in [0.2, 0.25) is 0 Å². The topological polar surface area (TPSA) is 88.0 Å². The smallest absolute Gasteiger partial charge is 0.224 e. The highest BCUT2D eigenvalue weighted by Gasteiger charge is 2.13. The van der Waals surface area contributed by atoms with Crippen LogP contribution in [-0.4, -0.2) is 30.5 Å². The third kappa shape index (κ3) is 3.83. The summed E-state index contributed by atoms with van der Waals surface area (Å²) in [4.78, 5) is 25.1. The number of fused-ring (bicyclic) bond motifs is 1. The summed E-state index contributed by atoms with van der Waals surface area (Å²) in [5.41, 5.74) is 8.54. The molecular weight excluding hydrogens is 376 g/mol. The zero-order chi connectivity index (χ0) is 21.4. The molecular formula is C23H26N6O. The summed E-state index contributed by atoms with van der Waals surface area (Å²) >= 11 is 0. The first-order valence-corrected chi connectivity index (χ1v) is 10.1. The second-order valence-corrected chi connectivity index (χ2v) is 7.74. The highest BCUT2D eigenvalue weighted by molar-refractivity contribution is 5.91. The fourth-order valence-electron chi connectivity index (χ4n) is 3.69. The van der Waals surface area contributed by atoms with Crippen molar-refractivity contribution in [1.29, 1.82) is 0 Å².